The van der Waals surface area contributed by atoms with Crippen molar-refractivity contribution in [3.63, 3.8) is 0 Å². The van der Waals surface area contributed by atoms with Crippen molar-refractivity contribution < 1.29 is 19.0 Å². The van der Waals surface area contributed by atoms with Crippen LogP contribution in [0.15, 0.2) is 70.5 Å². The molecule has 0 fully saturated rings. The second-order valence-corrected chi connectivity index (χ2v) is 8.32. The third-order valence-corrected chi connectivity index (χ3v) is 6.43. The number of ether oxygens (including phenoxy) is 3. The number of hydrogen-bond donors (Lipinski definition) is 0. The number of rotatable bonds is 7. The number of anilines is 2. The van der Waals surface area contributed by atoms with Crippen LogP contribution in [0, 0.1) is 6.92 Å². The van der Waals surface area contributed by atoms with E-state index in [1.165, 1.54) is 9.79 Å². The summed E-state index contributed by atoms with van der Waals surface area (Å²) in [6, 6.07) is 20.3. The van der Waals surface area contributed by atoms with E-state index in [-0.39, 0.29) is 12.6 Å². The minimum absolute atomic E-state index is 0.202. The Labute approximate surface area is 186 Å². The third kappa shape index (κ3) is 4.49. The predicted molar refractivity (Wildman–Crippen MR) is 123 cm³/mol. The summed E-state index contributed by atoms with van der Waals surface area (Å²) in [5.74, 6) is 1.05. The van der Waals surface area contributed by atoms with Crippen molar-refractivity contribution in [1.82, 2.24) is 0 Å². The van der Waals surface area contributed by atoms with Crippen LogP contribution >= 0.6 is 11.8 Å². The van der Waals surface area contributed by atoms with Crippen molar-refractivity contribution in [2.45, 2.75) is 29.7 Å². The SMILES string of the molecule is COc1cc(C)c(COC(=O)CCN2c3ccccc3Sc3ccccc32)cc1OC. The molecule has 0 spiro atoms. The first-order valence-corrected chi connectivity index (χ1v) is 10.9. The molecule has 3 aromatic carbocycles. The lowest BCUT2D eigenvalue weighted by molar-refractivity contribution is -0.144. The molecule has 0 saturated heterocycles. The lowest BCUT2D eigenvalue weighted by Crippen LogP contribution is -2.24. The summed E-state index contributed by atoms with van der Waals surface area (Å²) < 4.78 is 16.3. The fourth-order valence-corrected chi connectivity index (χ4v) is 4.73. The van der Waals surface area contributed by atoms with Gasteiger partial charge in [-0.1, -0.05) is 36.0 Å². The van der Waals surface area contributed by atoms with Gasteiger partial charge in [-0.05, 0) is 54.4 Å². The van der Waals surface area contributed by atoms with Gasteiger partial charge in [0.05, 0.1) is 32.0 Å². The van der Waals surface area contributed by atoms with Gasteiger partial charge in [-0.25, -0.2) is 0 Å². The van der Waals surface area contributed by atoms with Crippen LogP contribution in [0.4, 0.5) is 11.4 Å². The van der Waals surface area contributed by atoms with E-state index >= 15 is 0 Å². The number of aryl methyl sites for hydroxylation is 1. The monoisotopic (exact) mass is 435 g/mol. The molecule has 1 aliphatic heterocycles. The number of esters is 1. The van der Waals surface area contributed by atoms with Gasteiger partial charge in [0.1, 0.15) is 6.61 Å². The molecule has 0 bridgehead atoms. The van der Waals surface area contributed by atoms with Crippen LogP contribution in [-0.4, -0.2) is 26.7 Å². The van der Waals surface area contributed by atoms with Crippen LogP contribution in [-0.2, 0) is 16.1 Å². The molecule has 0 saturated carbocycles. The van der Waals surface area contributed by atoms with E-state index in [0.29, 0.717) is 24.5 Å². The summed E-state index contributed by atoms with van der Waals surface area (Å²) in [5.41, 5.74) is 4.13. The van der Waals surface area contributed by atoms with E-state index in [4.69, 9.17) is 14.2 Å². The van der Waals surface area contributed by atoms with Gasteiger partial charge >= 0.3 is 5.97 Å². The zero-order chi connectivity index (χ0) is 21.8. The molecule has 1 aliphatic rings. The van der Waals surface area contributed by atoms with Crippen molar-refractivity contribution in [2.24, 2.45) is 0 Å². The predicted octanol–water partition coefficient (Wildman–Crippen LogP) is 5.75. The summed E-state index contributed by atoms with van der Waals surface area (Å²) in [5, 5.41) is 0. The molecule has 0 N–H and O–H groups in total. The van der Waals surface area contributed by atoms with E-state index in [9.17, 15) is 4.79 Å². The lowest BCUT2D eigenvalue weighted by Gasteiger charge is -2.32. The number of carbonyl (C=O) groups is 1. The smallest absolute Gasteiger partial charge is 0.307 e. The molecule has 0 amide bonds. The number of para-hydroxylation sites is 2. The summed E-state index contributed by atoms with van der Waals surface area (Å²) >= 11 is 1.76. The van der Waals surface area contributed by atoms with E-state index in [1.807, 2.05) is 43.3 Å². The molecule has 6 heteroatoms. The molecular weight excluding hydrogens is 410 g/mol. The summed E-state index contributed by atoms with van der Waals surface area (Å²) in [6.07, 6.45) is 0.291. The van der Waals surface area contributed by atoms with E-state index in [1.54, 1.807) is 26.0 Å². The highest BCUT2D eigenvalue weighted by Crippen LogP contribution is 2.47. The van der Waals surface area contributed by atoms with Crippen molar-refractivity contribution in [3.8, 4) is 11.5 Å². The topological polar surface area (TPSA) is 48.0 Å². The highest BCUT2D eigenvalue weighted by Gasteiger charge is 2.23. The zero-order valence-electron chi connectivity index (χ0n) is 17.9. The molecule has 4 rings (SSSR count). The van der Waals surface area contributed by atoms with Crippen LogP contribution in [0.3, 0.4) is 0 Å². The molecule has 0 radical (unpaired) electrons. The average Bonchev–Trinajstić information content (AvgIpc) is 2.80. The van der Waals surface area contributed by atoms with Crippen LogP contribution in [0.5, 0.6) is 11.5 Å². The van der Waals surface area contributed by atoms with Crippen LogP contribution in [0.2, 0.25) is 0 Å². The molecule has 0 aliphatic carbocycles. The standard InChI is InChI=1S/C25H25NO4S/c1-17-14-21(28-2)22(29-3)15-18(17)16-30-25(27)12-13-26-19-8-4-6-10-23(19)31-24-11-7-5-9-20(24)26/h4-11,14-15H,12-13,16H2,1-3H3. The summed E-state index contributed by atoms with van der Waals surface area (Å²) in [7, 11) is 3.20. The Morgan fingerprint density at radius 3 is 2.10 bits per heavy atom. The van der Waals surface area contributed by atoms with E-state index < -0.39 is 0 Å². The molecule has 1 heterocycles. The second kappa shape index (κ2) is 9.35. The van der Waals surface area contributed by atoms with E-state index in [2.05, 4.69) is 29.2 Å². The molecule has 0 atom stereocenters. The first kappa shape index (κ1) is 21.1. The number of hydrogen-bond acceptors (Lipinski definition) is 6. The lowest BCUT2D eigenvalue weighted by atomic mass is 10.1. The maximum Gasteiger partial charge on any atom is 0.307 e. The van der Waals surface area contributed by atoms with Crippen LogP contribution in [0.1, 0.15) is 17.5 Å². The normalized spacial score (nSPS) is 12.0. The number of benzene rings is 3. The van der Waals surface area contributed by atoms with Gasteiger partial charge in [-0.15, -0.1) is 0 Å². The fourth-order valence-electron chi connectivity index (χ4n) is 3.63. The highest BCUT2D eigenvalue weighted by molar-refractivity contribution is 7.99. The quantitative estimate of drug-likeness (QED) is 0.441. The Morgan fingerprint density at radius 2 is 1.48 bits per heavy atom. The fraction of sp³-hybridized carbons (Fsp3) is 0.240. The van der Waals surface area contributed by atoms with Gasteiger partial charge in [0.15, 0.2) is 11.5 Å². The third-order valence-electron chi connectivity index (χ3n) is 5.30. The number of methoxy groups -OCH3 is 2. The van der Waals surface area contributed by atoms with Crippen LogP contribution in [0.25, 0.3) is 0 Å². The Bertz CT molecular complexity index is 1050. The molecule has 160 valence electrons. The Balaban J connectivity index is 1.43. The number of carbonyl (C=O) groups excluding carboxylic acids is 1. The molecular formula is C25H25NO4S. The number of nitrogens with zero attached hydrogens (tertiary/aromatic N) is 1. The first-order valence-electron chi connectivity index (χ1n) is 10.1. The minimum Gasteiger partial charge on any atom is -0.493 e. The van der Waals surface area contributed by atoms with Gasteiger partial charge in [-0.2, -0.15) is 0 Å². The van der Waals surface area contributed by atoms with Crippen molar-refractivity contribution in [1.29, 1.82) is 0 Å². The molecule has 5 nitrogen and oxygen atoms in total. The Kier molecular flexibility index (Phi) is 6.37. The van der Waals surface area contributed by atoms with Gasteiger partial charge in [0.2, 0.25) is 0 Å². The summed E-state index contributed by atoms with van der Waals surface area (Å²) in [6.45, 7) is 2.72. The largest absolute Gasteiger partial charge is 0.493 e. The molecule has 0 aromatic heterocycles. The first-order chi connectivity index (χ1) is 15.1. The Hall–Kier alpha value is -3.12. The highest BCUT2D eigenvalue weighted by atomic mass is 32.2. The zero-order valence-corrected chi connectivity index (χ0v) is 18.7. The molecule has 0 unspecified atom stereocenters. The van der Waals surface area contributed by atoms with Crippen molar-refractivity contribution >= 4 is 29.1 Å². The average molecular weight is 436 g/mol. The molecule has 31 heavy (non-hydrogen) atoms. The maximum atomic E-state index is 12.6. The maximum absolute atomic E-state index is 12.6. The van der Waals surface area contributed by atoms with Gasteiger partial charge in [-0.3, -0.25) is 4.79 Å². The molecule has 3 aromatic rings. The van der Waals surface area contributed by atoms with Gasteiger partial charge in [0, 0.05) is 16.3 Å². The van der Waals surface area contributed by atoms with Crippen molar-refractivity contribution in [3.05, 3.63) is 71.8 Å². The van der Waals surface area contributed by atoms with Gasteiger partial charge < -0.3 is 19.1 Å². The summed E-state index contributed by atoms with van der Waals surface area (Å²) in [4.78, 5) is 17.1. The Morgan fingerprint density at radius 1 is 0.903 bits per heavy atom. The minimum atomic E-state index is -0.234. The van der Waals surface area contributed by atoms with Gasteiger partial charge in [0.25, 0.3) is 0 Å². The van der Waals surface area contributed by atoms with E-state index in [0.717, 1.165) is 22.5 Å². The van der Waals surface area contributed by atoms with Crippen LogP contribution < -0.4 is 14.4 Å². The number of fused-ring (bicyclic) bond motifs is 2. The van der Waals surface area contributed by atoms with Crippen molar-refractivity contribution in [2.75, 3.05) is 25.7 Å². The second-order valence-electron chi connectivity index (χ2n) is 7.23.